The van der Waals surface area contributed by atoms with E-state index in [2.05, 4.69) is 0 Å². The average molecular weight is 604 g/mol. The van der Waals surface area contributed by atoms with Crippen LogP contribution in [-0.4, -0.2) is 51.9 Å². The predicted molar refractivity (Wildman–Crippen MR) is 159 cm³/mol. The number of carbonyl (C=O) groups is 2. The Morgan fingerprint density at radius 2 is 1.93 bits per heavy atom. The fourth-order valence-corrected chi connectivity index (χ4v) is 9.28. The van der Waals surface area contributed by atoms with Gasteiger partial charge in [0.15, 0.2) is 29.1 Å². The molecule has 4 N–H and O–H groups in total. The van der Waals surface area contributed by atoms with E-state index in [1.54, 1.807) is 37.3 Å². The molecule has 5 aliphatic rings. The lowest BCUT2D eigenvalue weighted by Crippen LogP contribution is -2.69. The lowest BCUT2D eigenvalue weighted by atomic mass is 9.44. The van der Waals surface area contributed by atoms with E-state index >= 15 is 4.39 Å². The third kappa shape index (κ3) is 3.89. The first-order valence-electron chi connectivity index (χ1n) is 15.3. The molecule has 0 bridgehead atoms. The molecule has 8 nitrogen and oxygen atoms in total. The number of carbonyl (C=O) groups excluding carboxylic acids is 2. The van der Waals surface area contributed by atoms with Crippen LogP contribution in [0.3, 0.4) is 0 Å². The number of allylic oxidation sites excluding steroid dienone is 4. The SMILES string of the molecule is C[C@]12C=CC(=O)C=C1CC[C@H]1[C@@H]3C[C@H]4O[C@@H](c5cccc(COc6ccc(N)cc6)c5)O[C@@]4(C(=O)CO)[C@@]3(C)C[C@H](O)[C@@]12F. The topological polar surface area (TPSA) is 128 Å². The first-order valence-corrected chi connectivity index (χ1v) is 15.3. The van der Waals surface area contributed by atoms with Gasteiger partial charge in [0, 0.05) is 28.0 Å². The summed E-state index contributed by atoms with van der Waals surface area (Å²) in [7, 11) is 0. The number of halogens is 1. The highest BCUT2D eigenvalue weighted by Gasteiger charge is 2.79. The summed E-state index contributed by atoms with van der Waals surface area (Å²) in [4.78, 5) is 25.9. The van der Waals surface area contributed by atoms with Gasteiger partial charge in [-0.25, -0.2) is 4.39 Å². The smallest absolute Gasteiger partial charge is 0.193 e. The van der Waals surface area contributed by atoms with E-state index in [9.17, 15) is 19.8 Å². The number of anilines is 1. The molecule has 0 spiro atoms. The van der Waals surface area contributed by atoms with Crippen molar-refractivity contribution in [1.29, 1.82) is 0 Å². The summed E-state index contributed by atoms with van der Waals surface area (Å²) >= 11 is 0. The van der Waals surface area contributed by atoms with E-state index in [0.29, 0.717) is 41.8 Å². The van der Waals surface area contributed by atoms with Crippen LogP contribution >= 0.6 is 0 Å². The monoisotopic (exact) mass is 603 g/mol. The van der Waals surface area contributed by atoms with Gasteiger partial charge in [-0.3, -0.25) is 9.59 Å². The Hall–Kier alpha value is -3.37. The van der Waals surface area contributed by atoms with Crippen molar-refractivity contribution in [2.75, 3.05) is 12.3 Å². The van der Waals surface area contributed by atoms with Crippen LogP contribution in [0, 0.1) is 22.7 Å². The highest BCUT2D eigenvalue weighted by atomic mass is 19.1. The van der Waals surface area contributed by atoms with Crippen molar-refractivity contribution in [3.63, 3.8) is 0 Å². The van der Waals surface area contributed by atoms with Crippen molar-refractivity contribution in [3.8, 4) is 5.75 Å². The van der Waals surface area contributed by atoms with Crippen LogP contribution in [0.25, 0.3) is 0 Å². The van der Waals surface area contributed by atoms with Crippen molar-refractivity contribution in [1.82, 2.24) is 0 Å². The van der Waals surface area contributed by atoms with Crippen molar-refractivity contribution in [2.45, 2.75) is 75.9 Å². The summed E-state index contributed by atoms with van der Waals surface area (Å²) in [6.45, 7) is 3.17. The number of rotatable bonds is 6. The van der Waals surface area contributed by atoms with Crippen LogP contribution < -0.4 is 10.5 Å². The molecule has 44 heavy (non-hydrogen) atoms. The molecular formula is C35H38FNO7. The molecular weight excluding hydrogens is 565 g/mol. The molecule has 1 saturated heterocycles. The molecule has 7 rings (SSSR count). The highest BCUT2D eigenvalue weighted by Crippen LogP contribution is 2.72. The van der Waals surface area contributed by atoms with Gasteiger partial charge in [0.05, 0.1) is 12.2 Å². The van der Waals surface area contributed by atoms with Gasteiger partial charge in [-0.05, 0) is 86.6 Å². The number of alkyl halides is 1. The Morgan fingerprint density at radius 3 is 2.68 bits per heavy atom. The zero-order valence-electron chi connectivity index (χ0n) is 24.9. The van der Waals surface area contributed by atoms with Crippen molar-refractivity contribution in [2.24, 2.45) is 22.7 Å². The van der Waals surface area contributed by atoms with E-state index in [0.717, 1.165) is 5.56 Å². The lowest BCUT2D eigenvalue weighted by Gasteiger charge is -2.62. The van der Waals surface area contributed by atoms with Gasteiger partial charge in [0.25, 0.3) is 0 Å². The Morgan fingerprint density at radius 1 is 1.16 bits per heavy atom. The van der Waals surface area contributed by atoms with Gasteiger partial charge in [-0.15, -0.1) is 0 Å². The van der Waals surface area contributed by atoms with Crippen LogP contribution in [0.1, 0.15) is 56.9 Å². The molecule has 232 valence electrons. The number of hydrogen-bond donors (Lipinski definition) is 3. The maximum absolute atomic E-state index is 17.6. The number of hydrogen-bond acceptors (Lipinski definition) is 8. The van der Waals surface area contributed by atoms with Gasteiger partial charge >= 0.3 is 0 Å². The van der Waals surface area contributed by atoms with E-state index in [-0.39, 0.29) is 24.7 Å². The molecule has 1 heterocycles. The number of benzene rings is 2. The van der Waals surface area contributed by atoms with E-state index in [1.807, 2.05) is 31.2 Å². The van der Waals surface area contributed by atoms with Crippen LogP contribution in [0.15, 0.2) is 72.3 Å². The molecule has 0 aromatic heterocycles. The first kappa shape index (κ1) is 29.3. The van der Waals surface area contributed by atoms with Gasteiger partial charge in [-0.2, -0.15) is 0 Å². The van der Waals surface area contributed by atoms with Crippen molar-refractivity contribution >= 4 is 17.3 Å². The fraction of sp³-hybridized carbons (Fsp3) is 0.486. The van der Waals surface area contributed by atoms with Crippen LogP contribution in [0.4, 0.5) is 10.1 Å². The quantitative estimate of drug-likeness (QED) is 0.411. The number of ether oxygens (including phenoxy) is 3. The second-order valence-corrected chi connectivity index (χ2v) is 13.5. The zero-order chi connectivity index (χ0) is 31.1. The summed E-state index contributed by atoms with van der Waals surface area (Å²) in [6.07, 6.45) is 2.67. The number of fused-ring (bicyclic) bond motifs is 7. The molecule has 1 aliphatic heterocycles. The number of aliphatic hydroxyl groups is 2. The summed E-state index contributed by atoms with van der Waals surface area (Å²) in [5.74, 6) is -0.993. The molecule has 2 aromatic carbocycles. The molecule has 0 unspecified atom stereocenters. The van der Waals surface area contributed by atoms with Crippen molar-refractivity contribution < 1.29 is 38.4 Å². The summed E-state index contributed by atoms with van der Waals surface area (Å²) in [6, 6.07) is 14.6. The maximum Gasteiger partial charge on any atom is 0.193 e. The Labute approximate surface area is 255 Å². The van der Waals surface area contributed by atoms with Crippen LogP contribution in [-0.2, 0) is 25.7 Å². The number of aliphatic hydroxyl groups excluding tert-OH is 2. The second kappa shape index (κ2) is 10.1. The van der Waals surface area contributed by atoms with Gasteiger partial charge < -0.3 is 30.2 Å². The number of Topliss-reactive ketones (excluding diaryl/α,β-unsaturated/α-hetero) is 1. The zero-order valence-corrected chi connectivity index (χ0v) is 24.9. The second-order valence-electron chi connectivity index (χ2n) is 13.5. The molecule has 4 aliphatic carbocycles. The molecule has 9 atom stereocenters. The fourth-order valence-electron chi connectivity index (χ4n) is 9.28. The van der Waals surface area contributed by atoms with Crippen LogP contribution in [0.2, 0.25) is 0 Å². The largest absolute Gasteiger partial charge is 0.489 e. The summed E-state index contributed by atoms with van der Waals surface area (Å²) < 4.78 is 36.6. The average Bonchev–Trinajstić information content (AvgIpc) is 3.51. The molecule has 4 fully saturated rings. The molecule has 3 saturated carbocycles. The van der Waals surface area contributed by atoms with Crippen LogP contribution in [0.5, 0.6) is 5.75 Å². The Balaban J connectivity index is 1.19. The summed E-state index contributed by atoms with van der Waals surface area (Å²) in [5, 5.41) is 21.9. The minimum absolute atomic E-state index is 0.0525. The molecule has 0 radical (unpaired) electrons. The highest BCUT2D eigenvalue weighted by molar-refractivity contribution is 6.01. The minimum atomic E-state index is -2.04. The third-order valence-corrected chi connectivity index (χ3v) is 11.4. The van der Waals surface area contributed by atoms with E-state index in [1.165, 1.54) is 12.2 Å². The first-order chi connectivity index (χ1) is 21.0. The van der Waals surface area contributed by atoms with Gasteiger partial charge in [-0.1, -0.05) is 36.8 Å². The minimum Gasteiger partial charge on any atom is -0.489 e. The number of nitrogen functional groups attached to an aromatic ring is 1. The molecule has 9 heteroatoms. The predicted octanol–water partition coefficient (Wildman–Crippen LogP) is 4.54. The van der Waals surface area contributed by atoms with Gasteiger partial charge in [0.2, 0.25) is 0 Å². The number of nitrogens with two attached hydrogens (primary N) is 1. The van der Waals surface area contributed by atoms with Crippen molar-refractivity contribution in [3.05, 3.63) is 83.5 Å². The Kier molecular flexibility index (Phi) is 6.72. The number of ketones is 2. The van der Waals surface area contributed by atoms with E-state index < -0.39 is 58.9 Å². The normalized spacial score (nSPS) is 40.4. The standard InChI is InChI=1S/C35H38FNO7/c1-32-13-12-24(39)15-22(32)6-11-26-27-16-30-35(29(41)18-38,33(27,2)17-28(40)34(26,32)36)44-31(43-30)21-5-3-4-20(14-21)19-42-25-9-7-23(37)8-10-25/h3-5,7-10,12-15,26-28,30-31,38,40H,6,11,16-19,37H2,1-2H3/t26-,27-,28-,30+,31+,32-,33-,34-,35+/m0/s1. The molecule has 0 amide bonds. The maximum atomic E-state index is 17.6. The Bertz CT molecular complexity index is 1570. The van der Waals surface area contributed by atoms with E-state index in [4.69, 9.17) is 19.9 Å². The summed E-state index contributed by atoms with van der Waals surface area (Å²) in [5.41, 5.74) is 2.90. The van der Waals surface area contributed by atoms with Gasteiger partial charge in [0.1, 0.15) is 19.0 Å². The molecule has 2 aromatic rings. The third-order valence-electron chi connectivity index (χ3n) is 11.4. The lowest BCUT2D eigenvalue weighted by molar-refractivity contribution is -0.231.